The molecular formula is C63H120O9. The zero-order valence-corrected chi connectivity index (χ0v) is 48.6. The van der Waals surface area contributed by atoms with Crippen molar-refractivity contribution in [2.75, 3.05) is 54.4 Å². The maximum absolute atomic E-state index is 12.8. The largest absolute Gasteiger partial charge is 0.381 e. The molecular weight excluding hydrogens is 901 g/mol. The summed E-state index contributed by atoms with van der Waals surface area (Å²) in [5.74, 6) is 0.255. The van der Waals surface area contributed by atoms with Crippen molar-refractivity contribution in [2.24, 2.45) is 0 Å². The van der Waals surface area contributed by atoms with E-state index >= 15 is 0 Å². The predicted molar refractivity (Wildman–Crippen MR) is 303 cm³/mol. The molecule has 0 N–H and O–H groups in total. The third-order valence-corrected chi connectivity index (χ3v) is 14.6. The summed E-state index contributed by atoms with van der Waals surface area (Å²) >= 11 is 0. The van der Waals surface area contributed by atoms with Crippen LogP contribution in [-0.4, -0.2) is 96.1 Å². The van der Waals surface area contributed by atoms with Gasteiger partial charge in [-0.1, -0.05) is 219 Å². The summed E-state index contributed by atoms with van der Waals surface area (Å²) in [5, 5.41) is 0. The van der Waals surface area contributed by atoms with Crippen molar-refractivity contribution in [3.63, 3.8) is 0 Å². The molecule has 72 heavy (non-hydrogen) atoms. The van der Waals surface area contributed by atoms with Crippen LogP contribution in [0, 0.1) is 0 Å². The Bertz CT molecular complexity index is 1120. The van der Waals surface area contributed by atoms with Gasteiger partial charge in [-0.2, -0.15) is 0 Å². The summed E-state index contributed by atoms with van der Waals surface area (Å²) in [4.78, 5) is 38.3. The molecule has 0 aromatic rings. The lowest BCUT2D eigenvalue weighted by Gasteiger charge is -2.18. The van der Waals surface area contributed by atoms with Crippen molar-refractivity contribution < 1.29 is 42.8 Å². The molecule has 0 heterocycles. The maximum atomic E-state index is 12.8. The van der Waals surface area contributed by atoms with Gasteiger partial charge in [0.05, 0.1) is 31.5 Å². The third-order valence-electron chi connectivity index (χ3n) is 14.6. The Morgan fingerprint density at radius 2 is 0.639 bits per heavy atom. The molecule has 3 atom stereocenters. The zero-order chi connectivity index (χ0) is 52.6. The second-order valence-electron chi connectivity index (χ2n) is 21.4. The minimum Gasteiger partial charge on any atom is -0.381 e. The van der Waals surface area contributed by atoms with E-state index in [1.807, 2.05) is 21.3 Å². The second-order valence-corrected chi connectivity index (χ2v) is 21.4. The van der Waals surface area contributed by atoms with Crippen molar-refractivity contribution in [2.45, 2.75) is 321 Å². The first kappa shape index (κ1) is 70.5. The van der Waals surface area contributed by atoms with Crippen LogP contribution in [0.25, 0.3) is 0 Å². The maximum Gasteiger partial charge on any atom is 0.158 e. The SMILES string of the molecule is CCCCCCC(C/C=C/CCCCCCCC(=O)COC(COCC(=O)CCCCCCCCCCC(CCCCCC)OC)COCC(=O)CCCCCCCCCCC(CCCCCC)OC)OC. The smallest absolute Gasteiger partial charge is 0.158 e. The highest BCUT2D eigenvalue weighted by Gasteiger charge is 2.16. The van der Waals surface area contributed by atoms with Gasteiger partial charge >= 0.3 is 0 Å². The van der Waals surface area contributed by atoms with Gasteiger partial charge in [-0.25, -0.2) is 0 Å². The second kappa shape index (κ2) is 57.2. The first-order valence-electron chi connectivity index (χ1n) is 30.9. The van der Waals surface area contributed by atoms with Gasteiger partial charge in [0, 0.05) is 40.6 Å². The molecule has 0 aliphatic carbocycles. The highest BCUT2D eigenvalue weighted by Crippen LogP contribution is 2.19. The molecule has 0 radical (unpaired) electrons. The number of ether oxygens (including phenoxy) is 6. The topological polar surface area (TPSA) is 107 Å². The number of hydrogen-bond donors (Lipinski definition) is 0. The van der Waals surface area contributed by atoms with E-state index in [1.54, 1.807) is 0 Å². The summed E-state index contributed by atoms with van der Waals surface area (Å²) in [6, 6.07) is 0. The number of allylic oxidation sites excluding steroid dienone is 1. The summed E-state index contributed by atoms with van der Waals surface area (Å²) < 4.78 is 34.8. The Labute approximate surface area is 446 Å². The van der Waals surface area contributed by atoms with E-state index in [0.29, 0.717) is 37.6 Å². The number of hydrogen-bond acceptors (Lipinski definition) is 9. The van der Waals surface area contributed by atoms with Crippen LogP contribution < -0.4 is 0 Å². The number of ketones is 3. The molecule has 0 amide bonds. The Kier molecular flexibility index (Phi) is 56.0. The van der Waals surface area contributed by atoms with Gasteiger partial charge in [-0.05, 0) is 70.6 Å². The Hall–Kier alpha value is -1.49. The number of Topliss-reactive ketones (excluding diaryl/α,β-unsaturated/α-hetero) is 3. The van der Waals surface area contributed by atoms with Crippen LogP contribution >= 0.6 is 0 Å². The van der Waals surface area contributed by atoms with Gasteiger partial charge in [-0.15, -0.1) is 0 Å². The van der Waals surface area contributed by atoms with E-state index in [1.165, 1.54) is 180 Å². The number of carbonyl (C=O) groups excluding carboxylic acids is 3. The summed E-state index contributed by atoms with van der Waals surface area (Å²) in [6.07, 6.45) is 54.4. The van der Waals surface area contributed by atoms with E-state index in [2.05, 4.69) is 32.9 Å². The van der Waals surface area contributed by atoms with Crippen molar-refractivity contribution >= 4 is 17.3 Å². The summed E-state index contributed by atoms with van der Waals surface area (Å²) in [5.41, 5.74) is 0. The standard InChI is InChI=1S/C63H120O9/c1-7-10-13-37-46-60(67-4)49-40-31-25-19-16-22-28-34-43-57(64)52-70-55-63(72-54-59(66)45-36-30-24-18-21-27-33-42-51-62(69-6)48-39-15-12-9-3)56-71-53-58(65)44-35-29-23-17-20-26-32-41-50-61(68-5)47-38-14-11-8-2/h33,42,60-63H,7-32,34-41,43-56H2,1-6H3/b42-33+. The van der Waals surface area contributed by atoms with Crippen molar-refractivity contribution in [3.05, 3.63) is 12.2 Å². The molecule has 0 aliphatic rings. The molecule has 0 rings (SSSR count). The molecule has 9 nitrogen and oxygen atoms in total. The van der Waals surface area contributed by atoms with Gasteiger partial charge in [0.15, 0.2) is 17.3 Å². The lowest BCUT2D eigenvalue weighted by molar-refractivity contribution is -0.135. The van der Waals surface area contributed by atoms with Gasteiger partial charge in [0.2, 0.25) is 0 Å². The van der Waals surface area contributed by atoms with Crippen LogP contribution in [0.15, 0.2) is 12.2 Å². The van der Waals surface area contributed by atoms with E-state index in [9.17, 15) is 14.4 Å². The van der Waals surface area contributed by atoms with E-state index in [-0.39, 0.29) is 50.4 Å². The van der Waals surface area contributed by atoms with E-state index in [4.69, 9.17) is 28.4 Å². The lowest BCUT2D eigenvalue weighted by Crippen LogP contribution is -2.30. The quantitative estimate of drug-likeness (QED) is 0.0435. The molecule has 0 fully saturated rings. The fourth-order valence-electron chi connectivity index (χ4n) is 9.66. The van der Waals surface area contributed by atoms with Crippen LogP contribution in [0.1, 0.15) is 297 Å². The number of carbonyl (C=O) groups is 3. The number of unbranched alkanes of at least 4 members (excludes halogenated alkanes) is 28. The van der Waals surface area contributed by atoms with Crippen LogP contribution in [0.4, 0.5) is 0 Å². The molecule has 426 valence electrons. The Morgan fingerprint density at radius 3 is 1.00 bits per heavy atom. The van der Waals surface area contributed by atoms with E-state index < -0.39 is 6.10 Å². The molecule has 0 saturated carbocycles. The number of methoxy groups -OCH3 is 3. The van der Waals surface area contributed by atoms with Gasteiger partial charge in [0.25, 0.3) is 0 Å². The minimum absolute atomic E-state index is 0.00918. The Morgan fingerprint density at radius 1 is 0.333 bits per heavy atom. The average molecular weight is 1020 g/mol. The fraction of sp³-hybridized carbons (Fsp3) is 0.921. The normalized spacial score (nSPS) is 13.5. The Balaban J connectivity index is 4.49. The third kappa shape index (κ3) is 50.7. The van der Waals surface area contributed by atoms with Crippen molar-refractivity contribution in [1.29, 1.82) is 0 Å². The fourth-order valence-corrected chi connectivity index (χ4v) is 9.66. The highest BCUT2D eigenvalue weighted by molar-refractivity contribution is 5.80. The van der Waals surface area contributed by atoms with Crippen LogP contribution in [0.5, 0.6) is 0 Å². The molecule has 3 unspecified atom stereocenters. The summed E-state index contributed by atoms with van der Waals surface area (Å²) in [7, 11) is 5.55. The molecule has 0 aliphatic heterocycles. The molecule has 9 heteroatoms. The monoisotopic (exact) mass is 1020 g/mol. The molecule has 0 bridgehead atoms. The first-order chi connectivity index (χ1) is 35.3. The molecule has 0 aromatic carbocycles. The van der Waals surface area contributed by atoms with Crippen molar-refractivity contribution in [3.8, 4) is 0 Å². The minimum atomic E-state index is -0.514. The molecule has 0 spiro atoms. The number of rotatable bonds is 61. The first-order valence-corrected chi connectivity index (χ1v) is 30.9. The highest BCUT2D eigenvalue weighted by atomic mass is 16.6. The zero-order valence-electron chi connectivity index (χ0n) is 48.6. The van der Waals surface area contributed by atoms with Crippen molar-refractivity contribution in [1.82, 2.24) is 0 Å². The van der Waals surface area contributed by atoms with Gasteiger partial charge < -0.3 is 28.4 Å². The molecule has 0 aromatic heterocycles. The van der Waals surface area contributed by atoms with Gasteiger partial charge in [-0.3, -0.25) is 14.4 Å². The summed E-state index contributed by atoms with van der Waals surface area (Å²) in [6.45, 7) is 7.13. The molecule has 0 saturated heterocycles. The van der Waals surface area contributed by atoms with Crippen LogP contribution in [-0.2, 0) is 42.8 Å². The van der Waals surface area contributed by atoms with Gasteiger partial charge in [0.1, 0.15) is 25.9 Å². The average Bonchev–Trinajstić information content (AvgIpc) is 3.38. The predicted octanol–water partition coefficient (Wildman–Crippen LogP) is 17.5. The van der Waals surface area contributed by atoms with E-state index in [0.717, 1.165) is 77.0 Å². The lowest BCUT2D eigenvalue weighted by atomic mass is 10.0. The van der Waals surface area contributed by atoms with Crippen LogP contribution in [0.3, 0.4) is 0 Å². The van der Waals surface area contributed by atoms with Crippen LogP contribution in [0.2, 0.25) is 0 Å².